The zero-order valence-corrected chi connectivity index (χ0v) is 12.3. The minimum absolute atomic E-state index is 0.143. The number of rotatable bonds is 4. The van der Waals surface area contributed by atoms with Crippen molar-refractivity contribution in [2.75, 3.05) is 5.75 Å². The summed E-state index contributed by atoms with van der Waals surface area (Å²) in [7, 11) is -1.20. The van der Waals surface area contributed by atoms with E-state index in [4.69, 9.17) is 0 Å². The molecule has 2 aliphatic rings. The van der Waals surface area contributed by atoms with Gasteiger partial charge in [0.25, 0.3) is 0 Å². The molecule has 0 amide bonds. The number of aromatic nitrogens is 3. The zero-order chi connectivity index (χ0) is 14.4. The standard InChI is InChI=1S/C15H16FN3OS/c16-12-8-13(11-4-2-1-3-5-11)19-14(12)17-15(18-19)21(20)9-10-6-7-10/h1-5,10,12-13H,6-9H2/t12-,13-,21?/m0/s1. The van der Waals surface area contributed by atoms with E-state index in [1.54, 1.807) is 4.68 Å². The van der Waals surface area contributed by atoms with E-state index < -0.39 is 17.0 Å². The fourth-order valence-corrected chi connectivity index (χ4v) is 4.07. The van der Waals surface area contributed by atoms with E-state index in [0.29, 0.717) is 29.1 Å². The third kappa shape index (κ3) is 2.41. The molecule has 4 rings (SSSR count). The van der Waals surface area contributed by atoms with Crippen LogP contribution in [0.25, 0.3) is 0 Å². The summed E-state index contributed by atoms with van der Waals surface area (Å²) in [5.41, 5.74) is 1.02. The van der Waals surface area contributed by atoms with Crippen LogP contribution >= 0.6 is 0 Å². The van der Waals surface area contributed by atoms with Gasteiger partial charge >= 0.3 is 0 Å². The summed E-state index contributed by atoms with van der Waals surface area (Å²) in [6.07, 6.45) is 1.50. The average Bonchev–Trinajstić information content (AvgIpc) is 3.11. The highest BCUT2D eigenvalue weighted by molar-refractivity contribution is 7.84. The van der Waals surface area contributed by atoms with Gasteiger partial charge in [0.05, 0.1) is 16.8 Å². The van der Waals surface area contributed by atoms with Gasteiger partial charge in [-0.1, -0.05) is 30.3 Å². The fourth-order valence-electron chi connectivity index (χ4n) is 2.78. The predicted octanol–water partition coefficient (Wildman–Crippen LogP) is 2.80. The largest absolute Gasteiger partial charge is 0.251 e. The first-order valence-corrected chi connectivity index (χ1v) is 8.58. The SMILES string of the molecule is O=S(CC1CC1)c1nc2n(n1)[C@H](c1ccccc1)C[C@@H]2F. The lowest BCUT2D eigenvalue weighted by Gasteiger charge is -2.11. The maximum absolute atomic E-state index is 14.2. The molecule has 0 spiro atoms. The van der Waals surface area contributed by atoms with Crippen molar-refractivity contribution in [2.24, 2.45) is 5.92 Å². The number of alkyl halides is 1. The summed E-state index contributed by atoms with van der Waals surface area (Å²) in [6.45, 7) is 0. The number of benzene rings is 1. The van der Waals surface area contributed by atoms with Gasteiger partial charge < -0.3 is 0 Å². The Morgan fingerprint density at radius 3 is 2.76 bits per heavy atom. The van der Waals surface area contributed by atoms with Crippen LogP contribution in [0, 0.1) is 5.92 Å². The summed E-state index contributed by atoms with van der Waals surface area (Å²) in [5, 5.41) is 4.64. The van der Waals surface area contributed by atoms with Crippen LogP contribution in [0.2, 0.25) is 0 Å². The molecule has 1 aromatic carbocycles. The molecular formula is C15H16FN3OS. The van der Waals surface area contributed by atoms with E-state index in [2.05, 4.69) is 10.1 Å². The van der Waals surface area contributed by atoms with E-state index in [1.165, 1.54) is 0 Å². The van der Waals surface area contributed by atoms with Gasteiger partial charge in [0.15, 0.2) is 12.0 Å². The molecule has 1 fully saturated rings. The molecule has 0 saturated heterocycles. The first-order chi connectivity index (χ1) is 10.2. The maximum Gasteiger partial charge on any atom is 0.239 e. The fraction of sp³-hybridized carbons (Fsp3) is 0.467. The number of halogens is 1. The Hall–Kier alpha value is -1.56. The minimum atomic E-state index is -1.20. The Morgan fingerprint density at radius 1 is 1.29 bits per heavy atom. The van der Waals surface area contributed by atoms with E-state index in [-0.39, 0.29) is 6.04 Å². The summed E-state index contributed by atoms with van der Waals surface area (Å²) < 4.78 is 28.0. The van der Waals surface area contributed by atoms with Crippen LogP contribution in [0.5, 0.6) is 0 Å². The van der Waals surface area contributed by atoms with Crippen molar-refractivity contribution in [1.82, 2.24) is 14.8 Å². The Labute approximate surface area is 124 Å². The second-order valence-corrected chi connectivity index (χ2v) is 7.17. The quantitative estimate of drug-likeness (QED) is 0.872. The lowest BCUT2D eigenvalue weighted by atomic mass is 10.0. The van der Waals surface area contributed by atoms with Gasteiger partial charge in [-0.2, -0.15) is 0 Å². The third-order valence-corrected chi connectivity index (χ3v) is 5.47. The van der Waals surface area contributed by atoms with Crippen molar-refractivity contribution >= 4 is 10.8 Å². The molecule has 0 bridgehead atoms. The highest BCUT2D eigenvalue weighted by atomic mass is 32.2. The molecule has 0 N–H and O–H groups in total. The maximum atomic E-state index is 14.2. The monoisotopic (exact) mass is 305 g/mol. The Morgan fingerprint density at radius 2 is 2.05 bits per heavy atom. The highest BCUT2D eigenvalue weighted by Gasteiger charge is 2.36. The lowest BCUT2D eigenvalue weighted by Crippen LogP contribution is -2.09. The van der Waals surface area contributed by atoms with Crippen molar-refractivity contribution in [1.29, 1.82) is 0 Å². The number of fused-ring (bicyclic) bond motifs is 1. The summed E-state index contributed by atoms with van der Waals surface area (Å²) in [5.74, 6) is 1.47. The first-order valence-electron chi connectivity index (χ1n) is 7.26. The molecule has 1 unspecified atom stereocenters. The van der Waals surface area contributed by atoms with Crippen LogP contribution in [0.3, 0.4) is 0 Å². The zero-order valence-electron chi connectivity index (χ0n) is 11.5. The topological polar surface area (TPSA) is 47.8 Å². The average molecular weight is 305 g/mol. The second kappa shape index (κ2) is 5.02. The van der Waals surface area contributed by atoms with E-state index in [1.807, 2.05) is 30.3 Å². The molecule has 1 saturated carbocycles. The Balaban J connectivity index is 1.65. The molecule has 0 radical (unpaired) electrons. The van der Waals surface area contributed by atoms with Gasteiger partial charge in [-0.3, -0.25) is 4.21 Å². The van der Waals surface area contributed by atoms with Crippen LogP contribution in [-0.4, -0.2) is 24.7 Å². The van der Waals surface area contributed by atoms with Crippen molar-refractivity contribution in [3.63, 3.8) is 0 Å². The van der Waals surface area contributed by atoms with Gasteiger partial charge in [0.1, 0.15) is 0 Å². The summed E-state index contributed by atoms with van der Waals surface area (Å²) >= 11 is 0. The Kier molecular flexibility index (Phi) is 3.14. The molecule has 4 nitrogen and oxygen atoms in total. The van der Waals surface area contributed by atoms with Gasteiger partial charge in [0.2, 0.25) is 5.16 Å². The van der Waals surface area contributed by atoms with Crippen LogP contribution in [0.15, 0.2) is 35.5 Å². The van der Waals surface area contributed by atoms with Crippen LogP contribution in [0.4, 0.5) is 4.39 Å². The molecule has 1 aromatic heterocycles. The van der Waals surface area contributed by atoms with Crippen molar-refractivity contribution in [3.8, 4) is 0 Å². The number of nitrogens with zero attached hydrogens (tertiary/aromatic N) is 3. The van der Waals surface area contributed by atoms with Crippen LogP contribution < -0.4 is 0 Å². The smallest absolute Gasteiger partial charge is 0.239 e. The molecule has 110 valence electrons. The predicted molar refractivity (Wildman–Crippen MR) is 77.1 cm³/mol. The molecule has 3 atom stereocenters. The third-order valence-electron chi connectivity index (χ3n) is 4.12. The second-order valence-electron chi connectivity index (χ2n) is 5.78. The highest BCUT2D eigenvalue weighted by Crippen LogP contribution is 2.39. The first kappa shape index (κ1) is 13.1. The molecular weight excluding hydrogens is 289 g/mol. The molecule has 1 aliphatic heterocycles. The van der Waals surface area contributed by atoms with Gasteiger partial charge in [-0.15, -0.1) is 5.10 Å². The molecule has 2 heterocycles. The Bertz CT molecular complexity index is 683. The van der Waals surface area contributed by atoms with E-state index in [0.717, 1.165) is 18.4 Å². The molecule has 21 heavy (non-hydrogen) atoms. The van der Waals surface area contributed by atoms with Gasteiger partial charge in [0, 0.05) is 12.2 Å². The number of hydrogen-bond acceptors (Lipinski definition) is 3. The van der Waals surface area contributed by atoms with Crippen molar-refractivity contribution in [2.45, 2.75) is 36.6 Å². The van der Waals surface area contributed by atoms with Gasteiger partial charge in [-0.25, -0.2) is 14.1 Å². The van der Waals surface area contributed by atoms with E-state index >= 15 is 0 Å². The van der Waals surface area contributed by atoms with Crippen LogP contribution in [0.1, 0.15) is 42.9 Å². The minimum Gasteiger partial charge on any atom is -0.251 e. The molecule has 6 heteroatoms. The van der Waals surface area contributed by atoms with Crippen molar-refractivity contribution < 1.29 is 8.60 Å². The lowest BCUT2D eigenvalue weighted by molar-refractivity contribution is 0.327. The van der Waals surface area contributed by atoms with Crippen LogP contribution in [-0.2, 0) is 10.8 Å². The summed E-state index contributed by atoms with van der Waals surface area (Å²) in [4.78, 5) is 4.20. The van der Waals surface area contributed by atoms with Crippen molar-refractivity contribution in [3.05, 3.63) is 41.7 Å². The summed E-state index contributed by atoms with van der Waals surface area (Å²) in [6, 6.07) is 9.59. The van der Waals surface area contributed by atoms with Gasteiger partial charge in [-0.05, 0) is 24.3 Å². The van der Waals surface area contributed by atoms with E-state index in [9.17, 15) is 8.60 Å². The number of hydrogen-bond donors (Lipinski definition) is 0. The normalized spacial score (nSPS) is 25.8. The molecule has 2 aromatic rings. The molecule has 1 aliphatic carbocycles.